The zero-order valence-electron chi connectivity index (χ0n) is 11.1. The first-order valence-electron chi connectivity index (χ1n) is 6.74. The number of likely N-dealkylation sites (N-methyl/N-ethyl adjacent to an activating group) is 1. The van der Waals surface area contributed by atoms with Crippen LogP contribution in [0, 0.1) is 11.3 Å². The second kappa shape index (κ2) is 3.87. The van der Waals surface area contributed by atoms with Gasteiger partial charge in [0.1, 0.15) is 0 Å². The highest BCUT2D eigenvalue weighted by atomic mass is 16.5. The maximum atomic E-state index is 5.92. The highest BCUT2D eigenvalue weighted by Gasteiger charge is 2.58. The minimum Gasteiger partial charge on any atom is -0.377 e. The molecule has 0 radical (unpaired) electrons. The fourth-order valence-corrected chi connectivity index (χ4v) is 3.64. The Morgan fingerprint density at radius 1 is 1.47 bits per heavy atom. The van der Waals surface area contributed by atoms with E-state index < -0.39 is 0 Å². The molecule has 2 heterocycles. The first kappa shape index (κ1) is 11.3. The molecule has 1 saturated heterocycles. The lowest BCUT2D eigenvalue weighted by molar-refractivity contribution is -0.188. The Labute approximate surface area is 103 Å². The summed E-state index contributed by atoms with van der Waals surface area (Å²) in [7, 11) is 2.11. The van der Waals surface area contributed by atoms with Crippen molar-refractivity contribution >= 4 is 5.96 Å². The first-order chi connectivity index (χ1) is 8.10. The van der Waals surface area contributed by atoms with Crippen LogP contribution in [0.2, 0.25) is 0 Å². The van der Waals surface area contributed by atoms with Crippen molar-refractivity contribution in [2.75, 3.05) is 26.7 Å². The Balaban J connectivity index is 1.70. The first-order valence-corrected chi connectivity index (χ1v) is 6.74. The molecule has 0 amide bonds. The van der Waals surface area contributed by atoms with Crippen molar-refractivity contribution < 1.29 is 4.74 Å². The largest absolute Gasteiger partial charge is 0.377 e. The van der Waals surface area contributed by atoms with E-state index in [-0.39, 0.29) is 5.41 Å². The van der Waals surface area contributed by atoms with Gasteiger partial charge >= 0.3 is 0 Å². The van der Waals surface area contributed by atoms with E-state index in [0.717, 1.165) is 25.7 Å². The molecule has 1 saturated carbocycles. The highest BCUT2D eigenvalue weighted by molar-refractivity contribution is 5.81. The molecule has 0 aromatic carbocycles. The van der Waals surface area contributed by atoms with Crippen LogP contribution in [0.4, 0.5) is 0 Å². The Bertz CT molecular complexity index is 340. The summed E-state index contributed by atoms with van der Waals surface area (Å²) in [6.07, 6.45) is 2.95. The molecule has 1 aliphatic carbocycles. The molecule has 1 N–H and O–H groups in total. The molecule has 3 unspecified atom stereocenters. The van der Waals surface area contributed by atoms with Crippen LogP contribution >= 0.6 is 0 Å². The number of nitrogens with one attached hydrogen (secondary N) is 1. The molecule has 96 valence electrons. The Kier molecular flexibility index (Phi) is 2.58. The maximum Gasteiger partial charge on any atom is 0.194 e. The highest BCUT2D eigenvalue weighted by Crippen LogP contribution is 2.51. The van der Waals surface area contributed by atoms with E-state index in [9.17, 15) is 0 Å². The zero-order valence-corrected chi connectivity index (χ0v) is 11.1. The quantitative estimate of drug-likeness (QED) is 0.741. The van der Waals surface area contributed by atoms with E-state index in [1.165, 1.54) is 12.8 Å². The van der Waals surface area contributed by atoms with E-state index in [1.807, 2.05) is 0 Å². The molecule has 0 aromatic heterocycles. The van der Waals surface area contributed by atoms with Crippen molar-refractivity contribution in [3.63, 3.8) is 0 Å². The molecule has 3 rings (SSSR count). The molecule has 2 fully saturated rings. The van der Waals surface area contributed by atoms with Crippen LogP contribution in [0.25, 0.3) is 0 Å². The van der Waals surface area contributed by atoms with Gasteiger partial charge in [0, 0.05) is 37.6 Å². The van der Waals surface area contributed by atoms with E-state index in [1.54, 1.807) is 0 Å². The molecule has 4 nitrogen and oxygen atoms in total. The van der Waals surface area contributed by atoms with Crippen molar-refractivity contribution in [3.8, 4) is 0 Å². The van der Waals surface area contributed by atoms with E-state index in [4.69, 9.17) is 4.74 Å². The van der Waals surface area contributed by atoms with Crippen LogP contribution < -0.4 is 5.32 Å². The normalized spacial score (nSPS) is 39.4. The number of rotatable bonds is 1. The monoisotopic (exact) mass is 237 g/mol. The summed E-state index contributed by atoms with van der Waals surface area (Å²) in [5, 5.41) is 3.65. The molecular formula is C13H23N3O. The fourth-order valence-electron chi connectivity index (χ4n) is 3.64. The van der Waals surface area contributed by atoms with E-state index >= 15 is 0 Å². The molecule has 0 spiro atoms. The van der Waals surface area contributed by atoms with Crippen molar-refractivity contribution in [1.29, 1.82) is 0 Å². The predicted molar refractivity (Wildman–Crippen MR) is 68.1 cm³/mol. The van der Waals surface area contributed by atoms with Crippen LogP contribution in [-0.4, -0.2) is 49.7 Å². The van der Waals surface area contributed by atoms with Gasteiger partial charge in [-0.05, 0) is 12.8 Å². The minimum absolute atomic E-state index is 0.233. The summed E-state index contributed by atoms with van der Waals surface area (Å²) >= 11 is 0. The molecule has 2 aliphatic heterocycles. The van der Waals surface area contributed by atoms with Crippen LogP contribution in [0.3, 0.4) is 0 Å². The molecule has 0 bridgehead atoms. The predicted octanol–water partition coefficient (Wildman–Crippen LogP) is 1.08. The minimum atomic E-state index is 0.233. The fraction of sp³-hybridized carbons (Fsp3) is 0.923. The van der Waals surface area contributed by atoms with Crippen molar-refractivity contribution in [2.24, 2.45) is 16.3 Å². The number of aliphatic imine (C=N–C) groups is 1. The molecule has 4 heteroatoms. The Morgan fingerprint density at radius 2 is 2.29 bits per heavy atom. The smallest absolute Gasteiger partial charge is 0.194 e. The topological polar surface area (TPSA) is 36.9 Å². The molecule has 0 aromatic rings. The number of nitrogens with zero attached hydrogens (tertiary/aromatic N) is 2. The van der Waals surface area contributed by atoms with Gasteiger partial charge in [-0.1, -0.05) is 13.8 Å². The molecule has 3 atom stereocenters. The molecule has 17 heavy (non-hydrogen) atoms. The number of hydrogen-bond donors (Lipinski definition) is 1. The van der Waals surface area contributed by atoms with Gasteiger partial charge in [-0.3, -0.25) is 4.99 Å². The maximum absolute atomic E-state index is 5.92. The third-order valence-corrected chi connectivity index (χ3v) is 4.67. The van der Waals surface area contributed by atoms with Gasteiger partial charge in [-0.15, -0.1) is 0 Å². The lowest BCUT2D eigenvalue weighted by atomic mass is 9.55. The summed E-state index contributed by atoms with van der Waals surface area (Å²) in [4.78, 5) is 6.75. The van der Waals surface area contributed by atoms with Gasteiger partial charge in [0.2, 0.25) is 0 Å². The Hall–Kier alpha value is -0.770. The van der Waals surface area contributed by atoms with Gasteiger partial charge < -0.3 is 15.0 Å². The average molecular weight is 237 g/mol. The van der Waals surface area contributed by atoms with Gasteiger partial charge in [0.25, 0.3) is 0 Å². The SMILES string of the molecule is CN1CCN=C1NC1C2CCCOC2C1(C)C. The third kappa shape index (κ3) is 1.65. The molecule has 3 aliphatic rings. The van der Waals surface area contributed by atoms with Crippen LogP contribution in [-0.2, 0) is 4.74 Å². The second-order valence-electron chi connectivity index (χ2n) is 6.17. The number of hydrogen-bond acceptors (Lipinski definition) is 4. The lowest BCUT2D eigenvalue weighted by Gasteiger charge is -2.60. The summed E-state index contributed by atoms with van der Waals surface area (Å²) in [5.74, 6) is 1.75. The molecular weight excluding hydrogens is 214 g/mol. The third-order valence-electron chi connectivity index (χ3n) is 4.67. The summed E-state index contributed by atoms with van der Waals surface area (Å²) in [5.41, 5.74) is 0.233. The van der Waals surface area contributed by atoms with Gasteiger partial charge in [0.05, 0.1) is 12.6 Å². The standard InChI is InChI=1S/C13H23N3O/c1-13(2)10(9-5-4-8-17-11(9)13)15-12-14-6-7-16(12)3/h9-11H,4-8H2,1-3H3,(H,14,15). The van der Waals surface area contributed by atoms with Crippen molar-refractivity contribution in [1.82, 2.24) is 10.2 Å². The average Bonchev–Trinajstić information content (AvgIpc) is 2.72. The van der Waals surface area contributed by atoms with Crippen LogP contribution in [0.1, 0.15) is 26.7 Å². The Morgan fingerprint density at radius 3 is 3.00 bits per heavy atom. The lowest BCUT2D eigenvalue weighted by Crippen LogP contribution is -2.70. The summed E-state index contributed by atoms with van der Waals surface area (Å²) in [6, 6.07) is 0.520. The van der Waals surface area contributed by atoms with Gasteiger partial charge in [0.15, 0.2) is 5.96 Å². The van der Waals surface area contributed by atoms with Gasteiger partial charge in [-0.25, -0.2) is 0 Å². The number of ether oxygens (including phenoxy) is 1. The zero-order chi connectivity index (χ0) is 12.0. The van der Waals surface area contributed by atoms with Gasteiger partial charge in [-0.2, -0.15) is 0 Å². The summed E-state index contributed by atoms with van der Waals surface area (Å²) < 4.78 is 5.92. The second-order valence-corrected chi connectivity index (χ2v) is 6.17. The van der Waals surface area contributed by atoms with E-state index in [2.05, 4.69) is 36.1 Å². The summed E-state index contributed by atoms with van der Waals surface area (Å²) in [6.45, 7) is 7.54. The van der Waals surface area contributed by atoms with Crippen molar-refractivity contribution in [3.05, 3.63) is 0 Å². The van der Waals surface area contributed by atoms with Crippen molar-refractivity contribution in [2.45, 2.75) is 38.8 Å². The number of fused-ring (bicyclic) bond motifs is 1. The van der Waals surface area contributed by atoms with E-state index in [0.29, 0.717) is 18.1 Å². The number of guanidine groups is 1. The van der Waals surface area contributed by atoms with Crippen LogP contribution in [0.15, 0.2) is 4.99 Å². The van der Waals surface area contributed by atoms with Crippen LogP contribution in [0.5, 0.6) is 0 Å².